The van der Waals surface area contributed by atoms with Gasteiger partial charge in [-0.25, -0.2) is 0 Å². The number of nitrogens with zero attached hydrogens (tertiary/aromatic N) is 1. The zero-order valence-corrected chi connectivity index (χ0v) is 11.2. The fourth-order valence-electron chi connectivity index (χ4n) is 1.47. The number of amides is 1. The number of carbonyl (C=O) groups excluding carboxylic acids is 1. The third kappa shape index (κ3) is 4.94. The molecule has 4 nitrogen and oxygen atoms in total. The Morgan fingerprint density at radius 2 is 2.00 bits per heavy atom. The summed E-state index contributed by atoms with van der Waals surface area (Å²) in [5.74, 6) is 0.492. The van der Waals surface area contributed by atoms with Gasteiger partial charge in [0.25, 0.3) is 5.91 Å². The third-order valence-electron chi connectivity index (χ3n) is 2.53. The van der Waals surface area contributed by atoms with E-state index in [2.05, 4.69) is 13.8 Å². The minimum absolute atomic E-state index is 0.0390. The zero-order chi connectivity index (χ0) is 12.8. The molecule has 0 spiro atoms. The van der Waals surface area contributed by atoms with Gasteiger partial charge in [0, 0.05) is 20.2 Å². The van der Waals surface area contributed by atoms with Crippen LogP contribution in [0.2, 0.25) is 0 Å². The van der Waals surface area contributed by atoms with Crippen LogP contribution in [0.4, 0.5) is 0 Å². The normalized spacial score (nSPS) is 11.9. The molecule has 0 saturated heterocycles. The minimum Gasteiger partial charge on any atom is -0.369 e. The van der Waals surface area contributed by atoms with Gasteiger partial charge in [0.15, 0.2) is 0 Å². The molecule has 0 aromatic carbocycles. The van der Waals surface area contributed by atoms with E-state index in [1.54, 1.807) is 21.0 Å². The lowest BCUT2D eigenvalue weighted by molar-refractivity contribution is -0.151. The molecule has 0 aromatic heterocycles. The maximum Gasteiger partial charge on any atom is 0.254 e. The number of nitrogens with two attached hydrogens (primary N) is 1. The summed E-state index contributed by atoms with van der Waals surface area (Å²) in [6.07, 6.45) is 0.832. The SMILES string of the molecule is COC(C)(C)C(=O)N(CCCN)CC(C)C. The van der Waals surface area contributed by atoms with Crippen molar-refractivity contribution in [1.29, 1.82) is 0 Å². The molecule has 0 aliphatic heterocycles. The monoisotopic (exact) mass is 230 g/mol. The highest BCUT2D eigenvalue weighted by molar-refractivity contribution is 5.84. The molecule has 0 bridgehead atoms. The molecular weight excluding hydrogens is 204 g/mol. The van der Waals surface area contributed by atoms with Gasteiger partial charge in [0.05, 0.1) is 0 Å². The second-order valence-electron chi connectivity index (χ2n) is 5.00. The Balaban J connectivity index is 4.54. The van der Waals surface area contributed by atoms with Gasteiger partial charge in [-0.05, 0) is 32.7 Å². The van der Waals surface area contributed by atoms with Crippen LogP contribution in [0.15, 0.2) is 0 Å². The van der Waals surface area contributed by atoms with Crippen molar-refractivity contribution in [3.8, 4) is 0 Å². The highest BCUT2D eigenvalue weighted by Crippen LogP contribution is 2.14. The highest BCUT2D eigenvalue weighted by atomic mass is 16.5. The molecule has 0 unspecified atom stereocenters. The third-order valence-corrected chi connectivity index (χ3v) is 2.53. The Kier molecular flexibility index (Phi) is 6.60. The summed E-state index contributed by atoms with van der Waals surface area (Å²) in [7, 11) is 1.56. The average Bonchev–Trinajstić information content (AvgIpc) is 2.22. The summed E-state index contributed by atoms with van der Waals surface area (Å²) >= 11 is 0. The van der Waals surface area contributed by atoms with E-state index >= 15 is 0 Å². The molecule has 0 aliphatic rings. The van der Waals surface area contributed by atoms with Gasteiger partial charge in [-0.2, -0.15) is 0 Å². The van der Waals surface area contributed by atoms with Crippen molar-refractivity contribution in [2.24, 2.45) is 11.7 Å². The molecule has 0 aromatic rings. The van der Waals surface area contributed by atoms with Gasteiger partial charge in [0.1, 0.15) is 5.60 Å². The lowest BCUT2D eigenvalue weighted by Crippen LogP contribution is -2.48. The molecule has 0 saturated carbocycles. The lowest BCUT2D eigenvalue weighted by Gasteiger charge is -2.32. The van der Waals surface area contributed by atoms with Crippen molar-refractivity contribution < 1.29 is 9.53 Å². The van der Waals surface area contributed by atoms with Crippen molar-refractivity contribution in [3.05, 3.63) is 0 Å². The van der Waals surface area contributed by atoms with Crippen molar-refractivity contribution in [2.75, 3.05) is 26.7 Å². The number of hydrogen-bond acceptors (Lipinski definition) is 3. The van der Waals surface area contributed by atoms with Crippen LogP contribution in [-0.4, -0.2) is 43.2 Å². The molecule has 0 fully saturated rings. The van der Waals surface area contributed by atoms with E-state index in [1.165, 1.54) is 0 Å². The van der Waals surface area contributed by atoms with Crippen molar-refractivity contribution in [2.45, 2.75) is 39.7 Å². The zero-order valence-electron chi connectivity index (χ0n) is 11.2. The van der Waals surface area contributed by atoms with E-state index in [-0.39, 0.29) is 5.91 Å². The Hall–Kier alpha value is -0.610. The maximum atomic E-state index is 12.2. The molecular formula is C12H26N2O2. The van der Waals surface area contributed by atoms with E-state index in [0.717, 1.165) is 13.0 Å². The molecule has 0 rings (SSSR count). The predicted octanol–water partition coefficient (Wildman–Crippen LogP) is 1.24. The van der Waals surface area contributed by atoms with Crippen LogP contribution >= 0.6 is 0 Å². The average molecular weight is 230 g/mol. The molecule has 96 valence electrons. The Morgan fingerprint density at radius 3 is 2.38 bits per heavy atom. The Bertz CT molecular complexity index is 215. The van der Waals surface area contributed by atoms with Crippen LogP contribution in [0.25, 0.3) is 0 Å². The Labute approximate surface area is 99.1 Å². The number of hydrogen-bond donors (Lipinski definition) is 1. The minimum atomic E-state index is -0.747. The Morgan fingerprint density at radius 1 is 1.44 bits per heavy atom. The van der Waals surface area contributed by atoms with Crippen LogP contribution in [-0.2, 0) is 9.53 Å². The topological polar surface area (TPSA) is 55.6 Å². The van der Waals surface area contributed by atoms with E-state index < -0.39 is 5.60 Å². The van der Waals surface area contributed by atoms with Crippen LogP contribution in [0.3, 0.4) is 0 Å². The first-order chi connectivity index (χ1) is 7.35. The smallest absolute Gasteiger partial charge is 0.254 e. The first-order valence-corrected chi connectivity index (χ1v) is 5.89. The number of ether oxygens (including phenoxy) is 1. The predicted molar refractivity (Wildman–Crippen MR) is 66.2 cm³/mol. The molecule has 0 heterocycles. The van der Waals surface area contributed by atoms with Crippen LogP contribution < -0.4 is 5.73 Å². The van der Waals surface area contributed by atoms with Gasteiger partial charge in [0.2, 0.25) is 0 Å². The quantitative estimate of drug-likeness (QED) is 0.716. The second kappa shape index (κ2) is 6.86. The fraction of sp³-hybridized carbons (Fsp3) is 0.917. The molecule has 1 amide bonds. The van der Waals surface area contributed by atoms with E-state index in [0.29, 0.717) is 19.0 Å². The summed E-state index contributed by atoms with van der Waals surface area (Å²) in [6, 6.07) is 0. The first kappa shape index (κ1) is 15.4. The molecule has 16 heavy (non-hydrogen) atoms. The van der Waals surface area contributed by atoms with Gasteiger partial charge in [-0.3, -0.25) is 4.79 Å². The van der Waals surface area contributed by atoms with Crippen molar-refractivity contribution in [1.82, 2.24) is 4.90 Å². The summed E-state index contributed by atoms with van der Waals surface area (Å²) < 4.78 is 5.22. The van der Waals surface area contributed by atoms with Gasteiger partial charge in [-0.15, -0.1) is 0 Å². The molecule has 2 N–H and O–H groups in total. The molecule has 0 aliphatic carbocycles. The second-order valence-corrected chi connectivity index (χ2v) is 5.00. The van der Waals surface area contributed by atoms with Gasteiger partial charge in [-0.1, -0.05) is 13.8 Å². The van der Waals surface area contributed by atoms with Crippen LogP contribution in [0.1, 0.15) is 34.1 Å². The molecule has 4 heteroatoms. The number of methoxy groups -OCH3 is 1. The first-order valence-electron chi connectivity index (χ1n) is 5.89. The van der Waals surface area contributed by atoms with E-state index in [1.807, 2.05) is 4.90 Å². The summed E-state index contributed by atoms with van der Waals surface area (Å²) in [5.41, 5.74) is 4.73. The molecule has 0 atom stereocenters. The maximum absolute atomic E-state index is 12.2. The van der Waals surface area contributed by atoms with Gasteiger partial charge >= 0.3 is 0 Å². The van der Waals surface area contributed by atoms with Crippen molar-refractivity contribution in [3.63, 3.8) is 0 Å². The summed E-state index contributed by atoms with van der Waals surface area (Å²) in [6.45, 7) is 9.86. The fourth-order valence-corrected chi connectivity index (χ4v) is 1.47. The number of carbonyl (C=O) groups is 1. The highest BCUT2D eigenvalue weighted by Gasteiger charge is 2.31. The number of rotatable bonds is 7. The van der Waals surface area contributed by atoms with Gasteiger partial charge < -0.3 is 15.4 Å². The van der Waals surface area contributed by atoms with Crippen molar-refractivity contribution >= 4 is 5.91 Å². The standard InChI is InChI=1S/C12H26N2O2/c1-10(2)9-14(8-6-7-13)11(15)12(3,4)16-5/h10H,6-9,13H2,1-5H3. The van der Waals surface area contributed by atoms with E-state index in [9.17, 15) is 4.79 Å². The van der Waals surface area contributed by atoms with Crippen LogP contribution in [0.5, 0.6) is 0 Å². The largest absolute Gasteiger partial charge is 0.369 e. The summed E-state index contributed by atoms with van der Waals surface area (Å²) in [5, 5.41) is 0. The van der Waals surface area contributed by atoms with Crippen LogP contribution in [0, 0.1) is 5.92 Å². The lowest BCUT2D eigenvalue weighted by atomic mass is 10.1. The van der Waals surface area contributed by atoms with E-state index in [4.69, 9.17) is 10.5 Å². The summed E-state index contributed by atoms with van der Waals surface area (Å²) in [4.78, 5) is 14.0. The molecule has 0 radical (unpaired) electrons.